The summed E-state index contributed by atoms with van der Waals surface area (Å²) >= 11 is 1.38. The first kappa shape index (κ1) is 20.5. The van der Waals surface area contributed by atoms with E-state index in [9.17, 15) is 4.79 Å². The van der Waals surface area contributed by atoms with Gasteiger partial charge < -0.3 is 4.74 Å². The molecule has 0 aliphatic heterocycles. The van der Waals surface area contributed by atoms with Gasteiger partial charge in [-0.25, -0.2) is 4.79 Å². The van der Waals surface area contributed by atoms with E-state index >= 15 is 0 Å². The average Bonchev–Trinajstić information content (AvgIpc) is 3.56. The molecule has 0 spiro atoms. The molecule has 4 rings (SSSR count). The van der Waals surface area contributed by atoms with Crippen molar-refractivity contribution in [2.45, 2.75) is 24.4 Å². The van der Waals surface area contributed by atoms with Crippen LogP contribution in [-0.2, 0) is 17.0 Å². The first-order valence-corrected chi connectivity index (χ1v) is 10.5. The number of aromatic amines is 1. The molecule has 0 bridgehead atoms. The van der Waals surface area contributed by atoms with Gasteiger partial charge in [-0.3, -0.25) is 9.78 Å². The molecule has 10 nitrogen and oxygen atoms in total. The van der Waals surface area contributed by atoms with E-state index < -0.39 is 5.97 Å². The molecular weight excluding hydrogens is 416 g/mol. The van der Waals surface area contributed by atoms with Gasteiger partial charge in [0.25, 0.3) is 0 Å². The highest BCUT2D eigenvalue weighted by Crippen LogP contribution is 2.22. The van der Waals surface area contributed by atoms with Gasteiger partial charge in [-0.2, -0.15) is 20.0 Å². The van der Waals surface area contributed by atoms with Crippen molar-refractivity contribution in [2.24, 2.45) is 5.10 Å². The van der Waals surface area contributed by atoms with Crippen LogP contribution in [-0.4, -0.2) is 54.1 Å². The topological polar surface area (TPSA) is 116 Å². The Bertz CT molecular complexity index is 1190. The van der Waals surface area contributed by atoms with Crippen LogP contribution in [0.15, 0.2) is 59.3 Å². The van der Waals surface area contributed by atoms with Gasteiger partial charge in [-0.15, -0.1) is 10.2 Å². The van der Waals surface area contributed by atoms with Crippen LogP contribution < -0.4 is 0 Å². The van der Waals surface area contributed by atoms with Crippen molar-refractivity contribution < 1.29 is 9.53 Å². The van der Waals surface area contributed by atoms with Gasteiger partial charge in [0.2, 0.25) is 5.16 Å². The Morgan fingerprint density at radius 1 is 1.29 bits per heavy atom. The summed E-state index contributed by atoms with van der Waals surface area (Å²) in [5.74, 6) is -0.0409. The van der Waals surface area contributed by atoms with Gasteiger partial charge in [0.1, 0.15) is 6.33 Å². The Morgan fingerprint density at radius 2 is 2.13 bits per heavy atom. The van der Waals surface area contributed by atoms with Crippen molar-refractivity contribution in [3.8, 4) is 11.1 Å². The largest absolute Gasteiger partial charge is 0.464 e. The lowest BCUT2D eigenvalue weighted by Crippen LogP contribution is -2.04. The number of rotatable bonds is 8. The zero-order valence-electron chi connectivity index (χ0n) is 17.0. The minimum Gasteiger partial charge on any atom is -0.464 e. The van der Waals surface area contributed by atoms with Gasteiger partial charge in [-0.1, -0.05) is 43.0 Å². The molecule has 158 valence electrons. The van der Waals surface area contributed by atoms with Crippen molar-refractivity contribution in [3.63, 3.8) is 0 Å². The van der Waals surface area contributed by atoms with Crippen LogP contribution in [0.5, 0.6) is 0 Å². The predicted octanol–water partition coefficient (Wildman–Crippen LogP) is 2.85. The zero-order valence-corrected chi connectivity index (χ0v) is 17.8. The van der Waals surface area contributed by atoms with E-state index in [1.165, 1.54) is 30.8 Å². The lowest BCUT2D eigenvalue weighted by Gasteiger charge is -2.03. The minimum absolute atomic E-state index is 0.251. The molecule has 0 saturated heterocycles. The van der Waals surface area contributed by atoms with Crippen molar-refractivity contribution in [2.75, 3.05) is 7.11 Å². The van der Waals surface area contributed by atoms with Gasteiger partial charge in [0.15, 0.2) is 5.69 Å². The molecule has 0 aliphatic rings. The van der Waals surface area contributed by atoms with Crippen LogP contribution in [0.25, 0.3) is 11.1 Å². The minimum atomic E-state index is -0.476. The smallest absolute Gasteiger partial charge is 0.358 e. The summed E-state index contributed by atoms with van der Waals surface area (Å²) < 4.78 is 7.85. The quantitative estimate of drug-likeness (QED) is 0.256. The number of aromatic nitrogens is 7. The second kappa shape index (κ2) is 9.39. The summed E-state index contributed by atoms with van der Waals surface area (Å²) in [7, 11) is 1.32. The molecule has 0 radical (unpaired) electrons. The van der Waals surface area contributed by atoms with Crippen LogP contribution in [0.3, 0.4) is 0 Å². The maximum atomic E-state index is 11.5. The number of H-pyrrole nitrogens is 1. The normalized spacial score (nSPS) is 11.3. The molecule has 31 heavy (non-hydrogen) atoms. The highest BCUT2D eigenvalue weighted by atomic mass is 32.2. The fraction of sp³-hybridized carbons (Fsp3) is 0.200. The molecule has 0 unspecified atom stereocenters. The first-order chi connectivity index (χ1) is 15.2. The third-order valence-electron chi connectivity index (χ3n) is 4.51. The van der Waals surface area contributed by atoms with Crippen molar-refractivity contribution in [1.82, 2.24) is 34.9 Å². The highest BCUT2D eigenvalue weighted by Gasteiger charge is 2.11. The summed E-state index contributed by atoms with van der Waals surface area (Å²) in [6.07, 6.45) is 7.68. The number of hydrogen-bond donors (Lipinski definition) is 1. The molecular formula is C20H20N8O2S. The van der Waals surface area contributed by atoms with Crippen molar-refractivity contribution in [3.05, 3.63) is 66.0 Å². The van der Waals surface area contributed by atoms with Crippen LogP contribution in [0.1, 0.15) is 28.7 Å². The van der Waals surface area contributed by atoms with E-state index in [0.717, 1.165) is 23.2 Å². The van der Waals surface area contributed by atoms with Crippen molar-refractivity contribution >= 4 is 23.9 Å². The van der Waals surface area contributed by atoms with E-state index in [1.807, 2.05) is 0 Å². The molecule has 0 atom stereocenters. The molecule has 11 heteroatoms. The number of methoxy groups -OCH3 is 1. The van der Waals surface area contributed by atoms with E-state index in [-0.39, 0.29) is 5.69 Å². The van der Waals surface area contributed by atoms with E-state index in [2.05, 4.69) is 66.5 Å². The summed E-state index contributed by atoms with van der Waals surface area (Å²) in [5.41, 5.74) is 4.33. The number of benzene rings is 1. The predicted molar refractivity (Wildman–Crippen MR) is 116 cm³/mol. The number of ether oxygens (including phenoxy) is 1. The number of nitrogens with one attached hydrogen (secondary N) is 1. The number of aryl methyl sites for hydroxylation is 1. The first-order valence-electron chi connectivity index (χ1n) is 9.49. The molecule has 0 aliphatic carbocycles. The maximum Gasteiger partial charge on any atom is 0.358 e. The van der Waals surface area contributed by atoms with Gasteiger partial charge in [0, 0.05) is 11.8 Å². The summed E-state index contributed by atoms with van der Waals surface area (Å²) in [5, 5.41) is 24.4. The Balaban J connectivity index is 1.45. The molecule has 3 aromatic heterocycles. The zero-order chi connectivity index (χ0) is 21.6. The summed E-state index contributed by atoms with van der Waals surface area (Å²) in [4.78, 5) is 11.5. The number of hydrogen-bond acceptors (Lipinski definition) is 8. The van der Waals surface area contributed by atoms with Crippen molar-refractivity contribution in [1.29, 1.82) is 0 Å². The Morgan fingerprint density at radius 3 is 2.90 bits per heavy atom. The van der Waals surface area contributed by atoms with E-state index in [0.29, 0.717) is 11.0 Å². The molecule has 4 aromatic rings. The lowest BCUT2D eigenvalue weighted by molar-refractivity contribution is 0.0593. The fourth-order valence-electron chi connectivity index (χ4n) is 2.83. The Kier molecular flexibility index (Phi) is 6.22. The van der Waals surface area contributed by atoms with Crippen LogP contribution in [0.4, 0.5) is 0 Å². The van der Waals surface area contributed by atoms with Gasteiger partial charge in [-0.05, 0) is 23.6 Å². The molecule has 0 amide bonds. The second-order valence-electron chi connectivity index (χ2n) is 6.46. The molecule has 1 N–H and O–H groups in total. The van der Waals surface area contributed by atoms with Crippen LogP contribution >= 0.6 is 11.8 Å². The summed E-state index contributed by atoms with van der Waals surface area (Å²) in [6.45, 7) is 2.13. The average molecular weight is 437 g/mol. The lowest BCUT2D eigenvalue weighted by atomic mass is 10.0. The van der Waals surface area contributed by atoms with Crippen LogP contribution in [0.2, 0.25) is 0 Å². The van der Waals surface area contributed by atoms with Gasteiger partial charge in [0.05, 0.1) is 31.1 Å². The van der Waals surface area contributed by atoms with E-state index in [4.69, 9.17) is 0 Å². The number of thioether (sulfide) groups is 1. The summed E-state index contributed by atoms with van der Waals surface area (Å²) in [6, 6.07) is 9.97. The molecule has 0 fully saturated rings. The van der Waals surface area contributed by atoms with Gasteiger partial charge >= 0.3 is 5.97 Å². The van der Waals surface area contributed by atoms with E-state index in [1.54, 1.807) is 34.0 Å². The number of carbonyl (C=O) groups is 1. The molecule has 3 heterocycles. The third kappa shape index (κ3) is 4.72. The number of carbonyl (C=O) groups excluding carboxylic acids is 1. The standard InChI is InChI=1S/C20H20N8O2S/c1-3-14-4-6-15(7-5-14)16-10-21-24-18(16)11-23-28-12-22-25-20(28)31-13-27-9-8-17(26-27)19(29)30-2/h4-12H,3,13H2,1-2H3,(H,21,24)/b23-11-. The number of nitrogens with zero attached hydrogens (tertiary/aromatic N) is 7. The fourth-order valence-corrected chi connectivity index (χ4v) is 3.55. The highest BCUT2D eigenvalue weighted by molar-refractivity contribution is 7.98. The maximum absolute atomic E-state index is 11.5. The Hall–Kier alpha value is -3.73. The molecule has 1 aromatic carbocycles. The molecule has 0 saturated carbocycles. The number of esters is 1. The Labute approximate surface area is 182 Å². The monoisotopic (exact) mass is 436 g/mol. The SMILES string of the molecule is CCc1ccc(-c2cn[nH]c2/C=N\n2cnnc2SCn2ccc(C(=O)OC)n2)cc1. The second-order valence-corrected chi connectivity index (χ2v) is 7.37. The third-order valence-corrected chi connectivity index (χ3v) is 5.44. The van der Waals surface area contributed by atoms with Crippen LogP contribution in [0, 0.1) is 0 Å².